The summed E-state index contributed by atoms with van der Waals surface area (Å²) in [4.78, 5) is 71.9. The van der Waals surface area contributed by atoms with E-state index in [0.717, 1.165) is 115 Å². The van der Waals surface area contributed by atoms with Gasteiger partial charge in [0.25, 0.3) is 0 Å². The summed E-state index contributed by atoms with van der Waals surface area (Å²) in [6.07, 6.45) is 33.6. The monoisotopic (exact) mass is 1170 g/mol. The van der Waals surface area contributed by atoms with E-state index in [0.29, 0.717) is 31.6 Å². The molecule has 0 aliphatic carbocycles. The molecule has 0 saturated carbocycles. The lowest BCUT2D eigenvalue weighted by Crippen LogP contribution is -2.30. The molecule has 0 aromatic carbocycles. The number of rotatable bonds is 59. The number of esters is 4. The zero-order valence-electron chi connectivity index (χ0n) is 50.7. The van der Waals surface area contributed by atoms with E-state index in [2.05, 4.69) is 41.5 Å². The summed E-state index contributed by atoms with van der Waals surface area (Å²) in [6.45, 7) is 9.35. The summed E-state index contributed by atoms with van der Waals surface area (Å²) in [5.41, 5.74) is 0. The summed E-state index contributed by atoms with van der Waals surface area (Å²) in [5, 5.41) is 10.5. The minimum absolute atomic E-state index is 0.104. The fourth-order valence-corrected chi connectivity index (χ4v) is 10.4. The quantitative estimate of drug-likeness (QED) is 0.0222. The molecule has 6 atom stereocenters. The second-order valence-electron chi connectivity index (χ2n) is 22.5. The third-order valence-electron chi connectivity index (χ3n) is 14.1. The van der Waals surface area contributed by atoms with Gasteiger partial charge < -0.3 is 33.8 Å². The number of aliphatic hydroxyl groups excluding tert-OH is 1. The average Bonchev–Trinajstić information content (AvgIpc) is 3.41. The van der Waals surface area contributed by atoms with Crippen LogP contribution in [0.1, 0.15) is 292 Å². The van der Waals surface area contributed by atoms with Crippen molar-refractivity contribution in [2.24, 2.45) is 11.8 Å². The van der Waals surface area contributed by atoms with Gasteiger partial charge in [0, 0.05) is 25.7 Å². The number of hydrogen-bond acceptors (Lipinski definition) is 15. The zero-order valence-corrected chi connectivity index (χ0v) is 52.4. The molecule has 0 aromatic heterocycles. The van der Waals surface area contributed by atoms with E-state index in [-0.39, 0.29) is 25.7 Å². The van der Waals surface area contributed by atoms with Crippen molar-refractivity contribution in [3.05, 3.63) is 0 Å². The van der Waals surface area contributed by atoms with E-state index < -0.39 is 97.5 Å². The molecule has 17 nitrogen and oxygen atoms in total. The van der Waals surface area contributed by atoms with Crippen LogP contribution in [0.2, 0.25) is 0 Å². The van der Waals surface area contributed by atoms with E-state index in [1.165, 1.54) is 89.9 Å². The lowest BCUT2D eigenvalue weighted by atomic mass is 9.99. The lowest BCUT2D eigenvalue weighted by molar-refractivity contribution is -0.161. The molecule has 0 fully saturated rings. The Kier molecular flexibility index (Phi) is 51.5. The molecule has 0 amide bonds. The van der Waals surface area contributed by atoms with Crippen LogP contribution in [-0.2, 0) is 65.4 Å². The predicted octanol–water partition coefficient (Wildman–Crippen LogP) is 16.1. The Balaban J connectivity index is 5.23. The van der Waals surface area contributed by atoms with Gasteiger partial charge in [0.15, 0.2) is 12.2 Å². The van der Waals surface area contributed by atoms with E-state index in [9.17, 15) is 43.2 Å². The molecular formula is C60H116O17P2. The van der Waals surface area contributed by atoms with E-state index in [1.807, 2.05) is 0 Å². The molecular weight excluding hydrogens is 1050 g/mol. The molecule has 0 aromatic rings. The van der Waals surface area contributed by atoms with Gasteiger partial charge in [-0.2, -0.15) is 0 Å². The van der Waals surface area contributed by atoms with Gasteiger partial charge in [0.2, 0.25) is 0 Å². The summed E-state index contributed by atoms with van der Waals surface area (Å²) < 4.78 is 67.7. The van der Waals surface area contributed by atoms with Crippen LogP contribution < -0.4 is 0 Å². The van der Waals surface area contributed by atoms with Gasteiger partial charge in [-0.3, -0.25) is 37.3 Å². The standard InChI is InChI=1S/C60H116O17P2/c1-7-10-12-14-16-17-18-25-32-38-44-59(64)76-55(48-70-57(62)42-36-30-22-15-13-11-8-2)50-74-78(66,67)72-46-54(61)47-73-79(68,69)75-51-56(49-71-58(63)43-37-31-27-21-23-28-34-40-52(4)5)77-60(65)45-39-33-26-20-19-24-29-35-41-53(6)9-3/h52-56,61H,7-51H2,1-6H3,(H,66,67)(H,68,69)/t53?,54-,55+,56+/m0/s1. The third kappa shape index (κ3) is 53.8. The Morgan fingerprint density at radius 2 is 0.646 bits per heavy atom. The van der Waals surface area contributed by atoms with Crippen molar-refractivity contribution in [3.8, 4) is 0 Å². The molecule has 0 aliphatic heterocycles. The van der Waals surface area contributed by atoms with Crippen LogP contribution in [0.15, 0.2) is 0 Å². The highest BCUT2D eigenvalue weighted by molar-refractivity contribution is 7.47. The first-order chi connectivity index (χ1) is 37.9. The summed E-state index contributed by atoms with van der Waals surface area (Å²) in [6, 6.07) is 0. The zero-order chi connectivity index (χ0) is 58.7. The maximum Gasteiger partial charge on any atom is 0.472 e. The smallest absolute Gasteiger partial charge is 0.462 e. The van der Waals surface area contributed by atoms with Crippen LogP contribution >= 0.6 is 15.6 Å². The molecule has 0 radical (unpaired) electrons. The number of carbonyl (C=O) groups is 4. The number of phosphoric acid groups is 2. The van der Waals surface area contributed by atoms with Crippen molar-refractivity contribution in [3.63, 3.8) is 0 Å². The van der Waals surface area contributed by atoms with Gasteiger partial charge in [-0.15, -0.1) is 0 Å². The van der Waals surface area contributed by atoms with E-state index >= 15 is 0 Å². The van der Waals surface area contributed by atoms with Crippen molar-refractivity contribution in [2.45, 2.75) is 310 Å². The second kappa shape index (κ2) is 52.8. The number of phosphoric ester groups is 2. The first-order valence-corrected chi connectivity index (χ1v) is 34.5. The fourth-order valence-electron chi connectivity index (χ4n) is 8.79. The van der Waals surface area contributed by atoms with Crippen molar-refractivity contribution in [1.29, 1.82) is 0 Å². The molecule has 0 bridgehead atoms. The molecule has 0 spiro atoms. The van der Waals surface area contributed by atoms with Gasteiger partial charge in [0.1, 0.15) is 19.3 Å². The van der Waals surface area contributed by atoms with Crippen molar-refractivity contribution in [2.75, 3.05) is 39.6 Å². The summed E-state index contributed by atoms with van der Waals surface area (Å²) in [7, 11) is -9.87. The first-order valence-electron chi connectivity index (χ1n) is 31.5. The van der Waals surface area contributed by atoms with Gasteiger partial charge >= 0.3 is 39.5 Å². The Morgan fingerprint density at radius 3 is 0.962 bits per heavy atom. The first kappa shape index (κ1) is 77.1. The van der Waals surface area contributed by atoms with Gasteiger partial charge in [-0.05, 0) is 37.5 Å². The number of aliphatic hydroxyl groups is 1. The van der Waals surface area contributed by atoms with Crippen molar-refractivity contribution >= 4 is 39.5 Å². The molecule has 0 aliphatic rings. The van der Waals surface area contributed by atoms with Gasteiger partial charge in [0.05, 0.1) is 26.4 Å². The number of unbranched alkanes of at least 4 members (excludes halogenated alkanes) is 28. The number of hydrogen-bond donors (Lipinski definition) is 3. The van der Waals surface area contributed by atoms with Crippen LogP contribution in [0.4, 0.5) is 0 Å². The largest absolute Gasteiger partial charge is 0.472 e. The Labute approximate surface area is 479 Å². The Hall–Kier alpha value is -1.94. The van der Waals surface area contributed by atoms with Crippen LogP contribution in [-0.4, -0.2) is 96.7 Å². The van der Waals surface area contributed by atoms with Gasteiger partial charge in [-0.1, -0.05) is 241 Å². The minimum Gasteiger partial charge on any atom is -0.462 e. The normalized spacial score (nSPS) is 14.8. The lowest BCUT2D eigenvalue weighted by Gasteiger charge is -2.21. The highest BCUT2D eigenvalue weighted by Crippen LogP contribution is 2.45. The van der Waals surface area contributed by atoms with Gasteiger partial charge in [-0.25, -0.2) is 9.13 Å². The number of ether oxygens (including phenoxy) is 4. The van der Waals surface area contributed by atoms with Crippen LogP contribution in [0, 0.1) is 11.8 Å². The molecule has 19 heteroatoms. The highest BCUT2D eigenvalue weighted by atomic mass is 31.2. The summed E-state index contributed by atoms with van der Waals surface area (Å²) >= 11 is 0. The maximum atomic E-state index is 12.9. The second-order valence-corrected chi connectivity index (χ2v) is 25.4. The fraction of sp³-hybridized carbons (Fsp3) is 0.933. The molecule has 0 rings (SSSR count). The van der Waals surface area contributed by atoms with Crippen LogP contribution in [0.5, 0.6) is 0 Å². The Bertz CT molecular complexity index is 1570. The molecule has 3 N–H and O–H groups in total. The number of carbonyl (C=O) groups excluding carboxylic acids is 4. The molecule has 0 heterocycles. The Morgan fingerprint density at radius 1 is 0.367 bits per heavy atom. The molecule has 3 unspecified atom stereocenters. The van der Waals surface area contributed by atoms with E-state index in [4.69, 9.17) is 37.0 Å². The highest BCUT2D eigenvalue weighted by Gasteiger charge is 2.30. The van der Waals surface area contributed by atoms with Crippen molar-refractivity contribution < 1.29 is 80.2 Å². The molecule has 0 saturated heterocycles. The molecule has 79 heavy (non-hydrogen) atoms. The topological polar surface area (TPSA) is 237 Å². The van der Waals surface area contributed by atoms with Crippen molar-refractivity contribution in [1.82, 2.24) is 0 Å². The average molecular weight is 1170 g/mol. The predicted molar refractivity (Wildman–Crippen MR) is 312 cm³/mol. The van der Waals surface area contributed by atoms with E-state index in [1.54, 1.807) is 0 Å². The minimum atomic E-state index is -4.94. The molecule has 468 valence electrons. The maximum absolute atomic E-state index is 12.9. The SMILES string of the molecule is CCCCCCCCCCCCC(=O)O[C@H](COC(=O)CCCCCCCCC)COP(=O)(O)OC[C@H](O)COP(=O)(O)OC[C@@H](COC(=O)CCCCCCCCCC(C)C)OC(=O)CCCCCCCCCCC(C)CC. The summed E-state index contributed by atoms with van der Waals surface area (Å²) in [5.74, 6) is -0.671. The van der Waals surface area contributed by atoms with Crippen LogP contribution in [0.25, 0.3) is 0 Å². The van der Waals surface area contributed by atoms with Crippen LogP contribution in [0.3, 0.4) is 0 Å². The third-order valence-corrected chi connectivity index (χ3v) is 16.0.